The molecule has 0 aromatic heterocycles. The average molecular weight is 395 g/mol. The van der Waals surface area contributed by atoms with Crippen molar-refractivity contribution in [3.63, 3.8) is 0 Å². The molecule has 2 unspecified atom stereocenters. The maximum absolute atomic E-state index is 13.1. The SMILES string of the molecule is O=CC1OC(c2ccc(F)cc2)CN1Cc1ccc(Oc2ccc(F)cc2)cc1. The van der Waals surface area contributed by atoms with Gasteiger partial charge in [-0.25, -0.2) is 8.78 Å². The van der Waals surface area contributed by atoms with E-state index in [-0.39, 0.29) is 17.7 Å². The molecule has 0 N–H and O–H groups in total. The van der Waals surface area contributed by atoms with Crippen LogP contribution in [-0.2, 0) is 16.1 Å². The van der Waals surface area contributed by atoms with Gasteiger partial charge in [-0.3, -0.25) is 9.69 Å². The molecule has 1 fully saturated rings. The number of nitrogens with zero attached hydrogens (tertiary/aromatic N) is 1. The first-order valence-electron chi connectivity index (χ1n) is 9.23. The number of rotatable bonds is 6. The highest BCUT2D eigenvalue weighted by atomic mass is 19.1. The van der Waals surface area contributed by atoms with Gasteiger partial charge in [0.2, 0.25) is 0 Å². The third-order valence-corrected chi connectivity index (χ3v) is 4.78. The summed E-state index contributed by atoms with van der Waals surface area (Å²) in [5, 5.41) is 0. The molecule has 3 aromatic carbocycles. The second-order valence-electron chi connectivity index (χ2n) is 6.83. The zero-order valence-electron chi connectivity index (χ0n) is 15.5. The van der Waals surface area contributed by atoms with Crippen LogP contribution in [0.15, 0.2) is 72.8 Å². The van der Waals surface area contributed by atoms with E-state index < -0.39 is 6.23 Å². The third-order valence-electron chi connectivity index (χ3n) is 4.78. The van der Waals surface area contributed by atoms with Crippen LogP contribution in [0, 0.1) is 11.6 Å². The molecular weight excluding hydrogens is 376 g/mol. The monoisotopic (exact) mass is 395 g/mol. The molecule has 1 aliphatic heterocycles. The van der Waals surface area contributed by atoms with Gasteiger partial charge in [-0.05, 0) is 59.7 Å². The highest BCUT2D eigenvalue weighted by molar-refractivity contribution is 5.56. The summed E-state index contributed by atoms with van der Waals surface area (Å²) in [5.74, 6) is 0.562. The summed E-state index contributed by atoms with van der Waals surface area (Å²) >= 11 is 0. The molecule has 1 saturated heterocycles. The normalized spacial score (nSPS) is 19.2. The van der Waals surface area contributed by atoms with Crippen LogP contribution in [0.1, 0.15) is 17.2 Å². The largest absolute Gasteiger partial charge is 0.457 e. The zero-order valence-corrected chi connectivity index (χ0v) is 15.5. The smallest absolute Gasteiger partial charge is 0.168 e. The van der Waals surface area contributed by atoms with Crippen molar-refractivity contribution >= 4 is 6.29 Å². The minimum Gasteiger partial charge on any atom is -0.457 e. The second-order valence-corrected chi connectivity index (χ2v) is 6.83. The number of benzene rings is 3. The maximum atomic E-state index is 13.1. The Morgan fingerprint density at radius 1 is 0.897 bits per heavy atom. The van der Waals surface area contributed by atoms with Crippen molar-refractivity contribution in [3.05, 3.63) is 95.6 Å². The fourth-order valence-electron chi connectivity index (χ4n) is 3.28. The van der Waals surface area contributed by atoms with Crippen molar-refractivity contribution in [3.8, 4) is 11.5 Å². The van der Waals surface area contributed by atoms with Crippen LogP contribution >= 0.6 is 0 Å². The van der Waals surface area contributed by atoms with Crippen LogP contribution in [0.4, 0.5) is 8.78 Å². The minimum atomic E-state index is -0.653. The predicted molar refractivity (Wildman–Crippen MR) is 103 cm³/mol. The van der Waals surface area contributed by atoms with E-state index >= 15 is 0 Å². The van der Waals surface area contributed by atoms with Crippen LogP contribution in [0.5, 0.6) is 11.5 Å². The summed E-state index contributed by atoms with van der Waals surface area (Å²) in [5.41, 5.74) is 1.83. The summed E-state index contributed by atoms with van der Waals surface area (Å²) in [6.45, 7) is 1.06. The van der Waals surface area contributed by atoms with E-state index in [1.165, 1.54) is 24.3 Å². The molecule has 0 saturated carbocycles. The van der Waals surface area contributed by atoms with E-state index in [1.807, 2.05) is 29.2 Å². The summed E-state index contributed by atoms with van der Waals surface area (Å²) in [7, 11) is 0. The van der Waals surface area contributed by atoms with Gasteiger partial charge in [0.25, 0.3) is 0 Å². The molecule has 0 radical (unpaired) electrons. The van der Waals surface area contributed by atoms with Crippen molar-refractivity contribution < 1.29 is 23.0 Å². The summed E-state index contributed by atoms with van der Waals surface area (Å²) in [6, 6.07) is 19.4. The predicted octanol–water partition coefficient (Wildman–Crippen LogP) is 4.86. The fraction of sp³-hybridized carbons (Fsp3) is 0.174. The summed E-state index contributed by atoms with van der Waals surface area (Å²) in [4.78, 5) is 13.4. The van der Waals surface area contributed by atoms with Crippen LogP contribution < -0.4 is 4.74 Å². The van der Waals surface area contributed by atoms with Crippen LogP contribution in [0.3, 0.4) is 0 Å². The zero-order chi connectivity index (χ0) is 20.2. The molecule has 1 heterocycles. The van der Waals surface area contributed by atoms with Crippen molar-refractivity contribution in [2.45, 2.75) is 18.9 Å². The van der Waals surface area contributed by atoms with Crippen LogP contribution in [0.2, 0.25) is 0 Å². The molecule has 148 valence electrons. The van der Waals surface area contributed by atoms with Gasteiger partial charge in [0.05, 0.1) is 6.10 Å². The van der Waals surface area contributed by atoms with E-state index in [4.69, 9.17) is 9.47 Å². The molecule has 4 nitrogen and oxygen atoms in total. The van der Waals surface area contributed by atoms with Crippen LogP contribution in [-0.4, -0.2) is 24.0 Å². The minimum absolute atomic E-state index is 0.285. The lowest BCUT2D eigenvalue weighted by Gasteiger charge is -2.18. The second kappa shape index (κ2) is 8.51. The Hall–Kier alpha value is -3.09. The van der Waals surface area contributed by atoms with E-state index in [0.29, 0.717) is 24.6 Å². The molecule has 29 heavy (non-hydrogen) atoms. The van der Waals surface area contributed by atoms with Crippen LogP contribution in [0.25, 0.3) is 0 Å². The standard InChI is InChI=1S/C23H19F2NO3/c24-18-5-3-17(4-6-18)22-14-26(23(15-27)29-22)13-16-1-9-20(10-2-16)28-21-11-7-19(25)8-12-21/h1-12,15,22-23H,13-14H2. The molecule has 1 aliphatic rings. The lowest BCUT2D eigenvalue weighted by Crippen LogP contribution is -2.30. The number of aldehydes is 1. The summed E-state index contributed by atoms with van der Waals surface area (Å²) in [6.07, 6.45) is -0.165. The van der Waals surface area contributed by atoms with Gasteiger partial charge in [-0.2, -0.15) is 0 Å². The van der Waals surface area contributed by atoms with Gasteiger partial charge in [-0.15, -0.1) is 0 Å². The first-order chi connectivity index (χ1) is 14.1. The van der Waals surface area contributed by atoms with Crippen molar-refractivity contribution in [2.75, 3.05) is 6.54 Å². The highest BCUT2D eigenvalue weighted by Crippen LogP contribution is 2.30. The van der Waals surface area contributed by atoms with E-state index in [1.54, 1.807) is 24.3 Å². The topological polar surface area (TPSA) is 38.8 Å². The van der Waals surface area contributed by atoms with Crippen molar-refractivity contribution in [1.82, 2.24) is 4.90 Å². The molecule has 0 bridgehead atoms. The number of carbonyl (C=O) groups excluding carboxylic acids is 1. The van der Waals surface area contributed by atoms with Gasteiger partial charge < -0.3 is 9.47 Å². The Kier molecular flexibility index (Phi) is 5.64. The molecule has 3 aromatic rings. The van der Waals surface area contributed by atoms with Gasteiger partial charge in [0, 0.05) is 13.1 Å². The Balaban J connectivity index is 1.40. The molecule has 0 spiro atoms. The Labute approximate surface area is 167 Å². The number of hydrogen-bond donors (Lipinski definition) is 0. The van der Waals surface area contributed by atoms with E-state index in [0.717, 1.165) is 17.4 Å². The first kappa shape index (κ1) is 19.2. The lowest BCUT2D eigenvalue weighted by atomic mass is 10.1. The van der Waals surface area contributed by atoms with Gasteiger partial charge in [-0.1, -0.05) is 24.3 Å². The number of ether oxygens (including phenoxy) is 2. The Bertz CT molecular complexity index is 959. The Morgan fingerprint density at radius 2 is 1.45 bits per heavy atom. The van der Waals surface area contributed by atoms with Gasteiger partial charge >= 0.3 is 0 Å². The van der Waals surface area contributed by atoms with Crippen molar-refractivity contribution in [1.29, 1.82) is 0 Å². The fourth-order valence-corrected chi connectivity index (χ4v) is 3.28. The maximum Gasteiger partial charge on any atom is 0.168 e. The van der Waals surface area contributed by atoms with E-state index in [9.17, 15) is 13.6 Å². The third kappa shape index (κ3) is 4.67. The lowest BCUT2D eigenvalue weighted by molar-refractivity contribution is -0.123. The highest BCUT2D eigenvalue weighted by Gasteiger charge is 2.33. The molecular formula is C23H19F2NO3. The summed E-state index contributed by atoms with van der Waals surface area (Å²) < 4.78 is 37.6. The molecule has 0 amide bonds. The number of halogens is 2. The molecule has 2 atom stereocenters. The number of hydrogen-bond acceptors (Lipinski definition) is 4. The first-order valence-corrected chi connectivity index (χ1v) is 9.23. The average Bonchev–Trinajstić information content (AvgIpc) is 3.14. The van der Waals surface area contributed by atoms with Gasteiger partial charge in [0.15, 0.2) is 12.5 Å². The molecule has 6 heteroatoms. The number of carbonyl (C=O) groups is 1. The Morgan fingerprint density at radius 3 is 2.03 bits per heavy atom. The molecule has 0 aliphatic carbocycles. The van der Waals surface area contributed by atoms with Gasteiger partial charge in [0.1, 0.15) is 23.1 Å². The quantitative estimate of drug-likeness (QED) is 0.559. The van der Waals surface area contributed by atoms with E-state index in [2.05, 4.69) is 0 Å². The molecule has 4 rings (SSSR count). The van der Waals surface area contributed by atoms with Crippen molar-refractivity contribution in [2.24, 2.45) is 0 Å².